The summed E-state index contributed by atoms with van der Waals surface area (Å²) in [6, 6.07) is 7.01. The minimum atomic E-state index is -3.47. The van der Waals surface area contributed by atoms with Gasteiger partial charge in [-0.15, -0.1) is 0 Å². The summed E-state index contributed by atoms with van der Waals surface area (Å²) in [7, 11) is -3.47. The van der Waals surface area contributed by atoms with Crippen LogP contribution in [0.3, 0.4) is 0 Å². The van der Waals surface area contributed by atoms with Gasteiger partial charge in [-0.05, 0) is 45.2 Å². The monoisotopic (exact) mass is 426 g/mol. The third kappa shape index (κ3) is 8.10. The fourth-order valence-corrected chi connectivity index (χ4v) is 3.40. The van der Waals surface area contributed by atoms with Gasteiger partial charge in [0.25, 0.3) is 0 Å². The Bertz CT molecular complexity index is 774. The van der Waals surface area contributed by atoms with Gasteiger partial charge in [0.1, 0.15) is 0 Å². The van der Waals surface area contributed by atoms with Crippen LogP contribution in [0.2, 0.25) is 0 Å². The van der Waals surface area contributed by atoms with Crippen molar-refractivity contribution in [1.29, 1.82) is 0 Å². The van der Waals surface area contributed by atoms with Gasteiger partial charge in [0.2, 0.25) is 0 Å². The van der Waals surface area contributed by atoms with E-state index in [1.165, 1.54) is 0 Å². The molecule has 162 valence electrons. The van der Waals surface area contributed by atoms with Crippen LogP contribution < -0.4 is 23.0 Å². The second-order valence-corrected chi connectivity index (χ2v) is 9.16. The second-order valence-electron chi connectivity index (χ2n) is 6.78. The second kappa shape index (κ2) is 12.5. The summed E-state index contributed by atoms with van der Waals surface area (Å²) in [5.41, 5.74) is 2.88. The average molecular weight is 426 g/mol. The van der Waals surface area contributed by atoms with Gasteiger partial charge in [0.05, 0.1) is 11.2 Å². The van der Waals surface area contributed by atoms with Crippen LogP contribution in [0.25, 0.3) is 0 Å². The summed E-state index contributed by atoms with van der Waals surface area (Å²) in [6.45, 7) is 6.30. The van der Waals surface area contributed by atoms with Crippen LogP contribution in [-0.4, -0.2) is 18.2 Å². The van der Waals surface area contributed by atoms with Gasteiger partial charge < -0.3 is 10.2 Å². The highest BCUT2D eigenvalue weighted by Crippen LogP contribution is 2.51. The molecule has 0 spiro atoms. The van der Waals surface area contributed by atoms with Crippen LogP contribution in [0.4, 0.5) is 5.69 Å². The Hall–Kier alpha value is -2.00. The average Bonchev–Trinajstić information content (AvgIpc) is 2.74. The molecule has 0 aliphatic carbocycles. The molecule has 0 amide bonds. The molecule has 0 aliphatic heterocycles. The van der Waals surface area contributed by atoms with Crippen molar-refractivity contribution in [3.05, 3.63) is 53.1 Å². The molecule has 9 nitrogen and oxygen atoms in total. The zero-order chi connectivity index (χ0) is 21.9. The SMILES string of the molecule is C/C(=C\CC(C)P(=O)(ON)ON)CC/C=C(\C)CNc1ccccc1C(=O)ON. The summed E-state index contributed by atoms with van der Waals surface area (Å²) in [5.74, 6) is 14.4. The van der Waals surface area contributed by atoms with E-state index < -0.39 is 19.2 Å². The fraction of sp³-hybridized carbons (Fsp3) is 0.421. The fourth-order valence-electron chi connectivity index (χ4n) is 2.57. The smallest absolute Gasteiger partial charge is 0.365 e. The van der Waals surface area contributed by atoms with E-state index in [-0.39, 0.29) is 0 Å². The minimum Gasteiger partial charge on any atom is -0.381 e. The van der Waals surface area contributed by atoms with Crippen molar-refractivity contribution in [2.45, 2.75) is 45.7 Å². The van der Waals surface area contributed by atoms with Crippen molar-refractivity contribution in [3.63, 3.8) is 0 Å². The third-order valence-electron chi connectivity index (χ3n) is 4.48. The molecular formula is C19H31N4O5P. The highest BCUT2D eigenvalue weighted by Gasteiger charge is 2.30. The Morgan fingerprint density at radius 3 is 2.41 bits per heavy atom. The van der Waals surface area contributed by atoms with Crippen molar-refractivity contribution in [1.82, 2.24) is 0 Å². The first-order valence-corrected chi connectivity index (χ1v) is 10.8. The number of nitrogens with two attached hydrogens (primary N) is 3. The van der Waals surface area contributed by atoms with E-state index in [4.69, 9.17) is 17.7 Å². The molecule has 0 fully saturated rings. The summed E-state index contributed by atoms with van der Waals surface area (Å²) in [4.78, 5) is 16.0. The number of carbonyl (C=O) groups is 1. The van der Waals surface area contributed by atoms with Crippen LogP contribution >= 0.6 is 7.60 Å². The van der Waals surface area contributed by atoms with Gasteiger partial charge in [-0.25, -0.2) is 25.8 Å². The number of hydrogen-bond acceptors (Lipinski definition) is 9. The lowest BCUT2D eigenvalue weighted by atomic mass is 10.1. The maximum atomic E-state index is 12.1. The predicted molar refractivity (Wildman–Crippen MR) is 114 cm³/mol. The quantitative estimate of drug-likeness (QED) is 0.223. The Morgan fingerprint density at radius 1 is 1.14 bits per heavy atom. The zero-order valence-corrected chi connectivity index (χ0v) is 18.0. The molecule has 1 unspecified atom stereocenters. The molecule has 1 aromatic rings. The molecule has 0 aromatic heterocycles. The summed E-state index contributed by atoms with van der Waals surface area (Å²) >= 11 is 0. The van der Waals surface area contributed by atoms with E-state index in [1.807, 2.05) is 26.0 Å². The molecule has 29 heavy (non-hydrogen) atoms. The summed E-state index contributed by atoms with van der Waals surface area (Å²) in [5, 5.41) is 3.21. The summed E-state index contributed by atoms with van der Waals surface area (Å²) < 4.78 is 20.9. The zero-order valence-electron chi connectivity index (χ0n) is 17.1. The number of allylic oxidation sites excluding steroid dienone is 3. The highest BCUT2D eigenvalue weighted by molar-refractivity contribution is 7.54. The lowest BCUT2D eigenvalue weighted by Gasteiger charge is -2.18. The van der Waals surface area contributed by atoms with Gasteiger partial charge in [0.15, 0.2) is 0 Å². The van der Waals surface area contributed by atoms with Gasteiger partial charge in [-0.2, -0.15) is 5.90 Å². The lowest BCUT2D eigenvalue weighted by Crippen LogP contribution is -2.14. The van der Waals surface area contributed by atoms with Crippen molar-refractivity contribution < 1.29 is 23.4 Å². The Labute approximate surface area is 171 Å². The van der Waals surface area contributed by atoms with E-state index in [9.17, 15) is 9.36 Å². The van der Waals surface area contributed by atoms with Crippen molar-refractivity contribution in [2.24, 2.45) is 17.7 Å². The third-order valence-corrected chi connectivity index (χ3v) is 6.36. The van der Waals surface area contributed by atoms with Gasteiger partial charge in [-0.1, -0.05) is 42.4 Å². The number of rotatable bonds is 12. The number of benzene rings is 1. The molecule has 0 heterocycles. The molecule has 0 saturated heterocycles. The minimum absolute atomic E-state index is 0.385. The molecule has 10 heteroatoms. The van der Waals surface area contributed by atoms with Crippen molar-refractivity contribution in [2.75, 3.05) is 11.9 Å². The summed E-state index contributed by atoms with van der Waals surface area (Å²) in [6.07, 6.45) is 6.27. The van der Waals surface area contributed by atoms with E-state index in [1.54, 1.807) is 25.1 Å². The number of nitrogens with one attached hydrogen (secondary N) is 1. The van der Waals surface area contributed by atoms with Gasteiger partial charge in [-0.3, -0.25) is 4.57 Å². The first-order valence-electron chi connectivity index (χ1n) is 9.19. The number of carbonyl (C=O) groups excluding carboxylic acids is 1. The number of para-hydroxylation sites is 1. The molecule has 0 bridgehead atoms. The van der Waals surface area contributed by atoms with E-state index >= 15 is 0 Å². The Kier molecular flexibility index (Phi) is 10.8. The molecule has 0 saturated carbocycles. The molecule has 0 radical (unpaired) electrons. The molecular weight excluding hydrogens is 395 g/mol. The number of anilines is 1. The molecule has 1 rings (SSSR count). The van der Waals surface area contributed by atoms with Crippen LogP contribution in [0.5, 0.6) is 0 Å². The maximum absolute atomic E-state index is 12.1. The van der Waals surface area contributed by atoms with Gasteiger partial charge in [0, 0.05) is 12.2 Å². The highest BCUT2D eigenvalue weighted by atomic mass is 31.2. The Balaban J connectivity index is 2.52. The van der Waals surface area contributed by atoms with Crippen LogP contribution in [0.1, 0.15) is 50.4 Å². The van der Waals surface area contributed by atoms with E-state index in [0.717, 1.165) is 24.0 Å². The van der Waals surface area contributed by atoms with Crippen LogP contribution in [-0.2, 0) is 18.7 Å². The predicted octanol–water partition coefficient (Wildman–Crippen LogP) is 3.55. The lowest BCUT2D eigenvalue weighted by molar-refractivity contribution is 0.0504. The van der Waals surface area contributed by atoms with Crippen LogP contribution in [0.15, 0.2) is 47.6 Å². The molecule has 7 N–H and O–H groups in total. The normalized spacial score (nSPS) is 13.9. The largest absolute Gasteiger partial charge is 0.381 e. The first kappa shape index (κ1) is 25.0. The van der Waals surface area contributed by atoms with Crippen LogP contribution in [0, 0.1) is 0 Å². The van der Waals surface area contributed by atoms with Gasteiger partial charge >= 0.3 is 13.6 Å². The molecule has 0 aliphatic rings. The molecule has 1 aromatic carbocycles. The van der Waals surface area contributed by atoms with Crippen molar-refractivity contribution >= 4 is 19.3 Å². The topological polar surface area (TPSA) is 152 Å². The standard InChI is InChI=1S/C19H31N4O5P/c1-14(11-12-16(3)29(25,27-21)28-22)7-6-8-15(2)13-23-18-10-5-4-9-17(18)19(24)26-20/h4-5,8-11,16,23H,6-7,12-13,20-22H2,1-3H3/b14-11+,15-8+. The first-order chi connectivity index (χ1) is 13.8. The van der Waals surface area contributed by atoms with Crippen molar-refractivity contribution in [3.8, 4) is 0 Å². The van der Waals surface area contributed by atoms with E-state index in [0.29, 0.717) is 24.2 Å². The molecule has 1 atom stereocenters. The number of hydrogen-bond donors (Lipinski definition) is 4. The van der Waals surface area contributed by atoms with E-state index in [2.05, 4.69) is 25.5 Å². The Morgan fingerprint density at radius 2 is 1.79 bits per heavy atom. The maximum Gasteiger partial charge on any atom is 0.365 e.